The molecular weight excluding hydrogens is 342 g/mol. The van der Waals surface area contributed by atoms with Gasteiger partial charge in [0.1, 0.15) is 11.6 Å². The molecule has 0 bridgehead atoms. The Morgan fingerprint density at radius 2 is 1.78 bits per heavy atom. The van der Waals surface area contributed by atoms with Gasteiger partial charge in [-0.15, -0.1) is 0 Å². The van der Waals surface area contributed by atoms with E-state index in [0.29, 0.717) is 11.4 Å². The largest absolute Gasteiger partial charge is 0.428 e. The predicted molar refractivity (Wildman–Crippen MR) is 104 cm³/mol. The summed E-state index contributed by atoms with van der Waals surface area (Å²) < 4.78 is 7.44. The fraction of sp³-hybridized carbons (Fsp3) is 0.150. The molecule has 0 atom stereocenters. The molecule has 2 amide bonds. The van der Waals surface area contributed by atoms with Gasteiger partial charge < -0.3 is 9.73 Å². The van der Waals surface area contributed by atoms with Crippen LogP contribution in [0.1, 0.15) is 17.3 Å². The van der Waals surface area contributed by atoms with Crippen molar-refractivity contribution in [3.63, 3.8) is 0 Å². The number of nitrogens with one attached hydrogen (secondary N) is 2. The van der Waals surface area contributed by atoms with Crippen LogP contribution in [0.4, 0.5) is 16.5 Å². The molecule has 2 N–H and O–H groups in total. The predicted octanol–water partition coefficient (Wildman–Crippen LogP) is 4.58. The molecule has 0 aliphatic rings. The first-order valence-corrected chi connectivity index (χ1v) is 8.58. The second kappa shape index (κ2) is 6.60. The molecular formula is C20H19N5O2. The van der Waals surface area contributed by atoms with Crippen molar-refractivity contribution in [3.8, 4) is 5.69 Å². The van der Waals surface area contributed by atoms with Gasteiger partial charge in [-0.05, 0) is 51.1 Å². The maximum atomic E-state index is 12.2. The number of urea groups is 1. The number of carbonyl (C=O) groups excluding carboxylic acids is 1. The minimum Gasteiger partial charge on any atom is -0.428 e. The fourth-order valence-electron chi connectivity index (χ4n) is 2.97. The number of aryl methyl sites for hydroxylation is 3. The van der Waals surface area contributed by atoms with Crippen LogP contribution in [0.25, 0.3) is 16.7 Å². The number of rotatable bonds is 3. The van der Waals surface area contributed by atoms with Crippen molar-refractivity contribution in [1.82, 2.24) is 14.5 Å². The van der Waals surface area contributed by atoms with E-state index in [4.69, 9.17) is 4.42 Å². The lowest BCUT2D eigenvalue weighted by Crippen LogP contribution is -2.19. The molecule has 0 unspecified atom stereocenters. The number of amides is 2. The standard InChI is InChI=1S/C20H19N5O2/c1-12-13(2)27-20(21-12)24-19(26)23-15-9-10-18-17(11-15)22-14(3)25(18)16-7-5-4-6-8-16/h4-11H,1-3H3,(H2,21,23,24,26). The molecule has 0 saturated heterocycles. The highest BCUT2D eigenvalue weighted by molar-refractivity contribution is 5.99. The number of hydrogen-bond donors (Lipinski definition) is 2. The second-order valence-electron chi connectivity index (χ2n) is 6.27. The summed E-state index contributed by atoms with van der Waals surface area (Å²) in [7, 11) is 0. The molecule has 2 aromatic carbocycles. The molecule has 4 aromatic rings. The smallest absolute Gasteiger partial charge is 0.327 e. The summed E-state index contributed by atoms with van der Waals surface area (Å²) in [6.45, 7) is 5.58. The van der Waals surface area contributed by atoms with E-state index in [2.05, 4.69) is 25.2 Å². The van der Waals surface area contributed by atoms with E-state index in [1.165, 1.54) is 0 Å². The maximum Gasteiger partial charge on any atom is 0.327 e. The average molecular weight is 361 g/mol. The molecule has 27 heavy (non-hydrogen) atoms. The number of benzene rings is 2. The van der Waals surface area contributed by atoms with Crippen LogP contribution in [0.5, 0.6) is 0 Å². The van der Waals surface area contributed by atoms with Crippen molar-refractivity contribution in [2.24, 2.45) is 0 Å². The quantitative estimate of drug-likeness (QED) is 0.559. The van der Waals surface area contributed by atoms with Crippen LogP contribution in [0.3, 0.4) is 0 Å². The van der Waals surface area contributed by atoms with Gasteiger partial charge in [-0.3, -0.25) is 9.88 Å². The Kier molecular flexibility index (Phi) is 4.12. The zero-order valence-electron chi connectivity index (χ0n) is 15.3. The molecule has 2 heterocycles. The monoisotopic (exact) mass is 361 g/mol. The van der Waals surface area contributed by atoms with E-state index < -0.39 is 6.03 Å². The van der Waals surface area contributed by atoms with Gasteiger partial charge in [-0.25, -0.2) is 9.78 Å². The van der Waals surface area contributed by atoms with Gasteiger partial charge in [0.2, 0.25) is 0 Å². The van der Waals surface area contributed by atoms with Crippen LogP contribution >= 0.6 is 0 Å². The Labute approximate surface area is 156 Å². The number of anilines is 2. The summed E-state index contributed by atoms with van der Waals surface area (Å²) in [5.74, 6) is 1.55. The summed E-state index contributed by atoms with van der Waals surface area (Å²) in [5.41, 5.74) is 4.21. The van der Waals surface area contributed by atoms with Crippen molar-refractivity contribution in [2.45, 2.75) is 20.8 Å². The van der Waals surface area contributed by atoms with Crippen molar-refractivity contribution in [3.05, 3.63) is 65.8 Å². The molecule has 0 aliphatic heterocycles. The van der Waals surface area contributed by atoms with Gasteiger partial charge in [0.15, 0.2) is 0 Å². The van der Waals surface area contributed by atoms with Gasteiger partial charge >= 0.3 is 12.0 Å². The molecule has 4 rings (SSSR count). The number of imidazole rings is 1. The zero-order chi connectivity index (χ0) is 19.0. The van der Waals surface area contributed by atoms with E-state index in [1.54, 1.807) is 6.92 Å². The lowest BCUT2D eigenvalue weighted by Gasteiger charge is -2.07. The minimum atomic E-state index is -0.421. The van der Waals surface area contributed by atoms with Crippen LogP contribution in [0.15, 0.2) is 52.9 Å². The average Bonchev–Trinajstić information content (AvgIpc) is 3.13. The molecule has 0 saturated carbocycles. The summed E-state index contributed by atoms with van der Waals surface area (Å²) in [4.78, 5) is 20.9. The Hall–Kier alpha value is -3.61. The molecule has 136 valence electrons. The normalized spacial score (nSPS) is 10.9. The Balaban J connectivity index is 1.58. The van der Waals surface area contributed by atoms with Gasteiger partial charge in [-0.2, -0.15) is 4.98 Å². The number of aromatic nitrogens is 3. The molecule has 7 nitrogen and oxygen atoms in total. The van der Waals surface area contributed by atoms with Crippen molar-refractivity contribution >= 4 is 28.8 Å². The third kappa shape index (κ3) is 3.27. The van der Waals surface area contributed by atoms with Gasteiger partial charge in [0.05, 0.1) is 16.7 Å². The topological polar surface area (TPSA) is 85.0 Å². The Morgan fingerprint density at radius 3 is 2.48 bits per heavy atom. The summed E-state index contributed by atoms with van der Waals surface area (Å²) >= 11 is 0. The highest BCUT2D eigenvalue weighted by Crippen LogP contribution is 2.24. The SMILES string of the molecule is Cc1nc(NC(=O)Nc2ccc3c(c2)nc(C)n3-c2ccccc2)oc1C. The number of carbonyl (C=O) groups is 1. The van der Waals surface area contributed by atoms with E-state index >= 15 is 0 Å². The summed E-state index contributed by atoms with van der Waals surface area (Å²) in [6.07, 6.45) is 0. The molecule has 0 radical (unpaired) electrons. The first kappa shape index (κ1) is 16.8. The second-order valence-corrected chi connectivity index (χ2v) is 6.27. The van der Waals surface area contributed by atoms with E-state index in [1.807, 2.05) is 62.4 Å². The number of para-hydroxylation sites is 1. The summed E-state index contributed by atoms with van der Waals surface area (Å²) in [5, 5.41) is 5.37. The zero-order valence-corrected chi connectivity index (χ0v) is 15.3. The van der Waals surface area contributed by atoms with E-state index in [-0.39, 0.29) is 6.01 Å². The molecule has 7 heteroatoms. The van der Waals surface area contributed by atoms with Gasteiger partial charge in [0, 0.05) is 11.4 Å². The molecule has 0 aliphatic carbocycles. The number of fused-ring (bicyclic) bond motifs is 1. The first-order valence-electron chi connectivity index (χ1n) is 8.58. The number of nitrogens with zero attached hydrogens (tertiary/aromatic N) is 3. The van der Waals surface area contributed by atoms with Gasteiger partial charge in [0.25, 0.3) is 0 Å². The van der Waals surface area contributed by atoms with E-state index in [0.717, 1.165) is 28.2 Å². The lowest BCUT2D eigenvalue weighted by molar-refractivity contribution is 0.261. The number of hydrogen-bond acceptors (Lipinski definition) is 4. The highest BCUT2D eigenvalue weighted by Gasteiger charge is 2.12. The van der Waals surface area contributed by atoms with Crippen molar-refractivity contribution in [1.29, 1.82) is 0 Å². The van der Waals surface area contributed by atoms with E-state index in [9.17, 15) is 4.79 Å². The Bertz CT molecular complexity index is 1110. The van der Waals surface area contributed by atoms with Gasteiger partial charge in [-0.1, -0.05) is 18.2 Å². The maximum absolute atomic E-state index is 12.2. The van der Waals surface area contributed by atoms with Crippen molar-refractivity contribution < 1.29 is 9.21 Å². The highest BCUT2D eigenvalue weighted by atomic mass is 16.4. The lowest BCUT2D eigenvalue weighted by atomic mass is 10.2. The van der Waals surface area contributed by atoms with Crippen LogP contribution in [-0.2, 0) is 0 Å². The number of oxazole rings is 1. The molecule has 2 aromatic heterocycles. The van der Waals surface area contributed by atoms with Crippen LogP contribution in [0, 0.1) is 20.8 Å². The van der Waals surface area contributed by atoms with Crippen molar-refractivity contribution in [2.75, 3.05) is 10.6 Å². The molecule has 0 fully saturated rings. The minimum absolute atomic E-state index is 0.174. The fourth-order valence-corrected chi connectivity index (χ4v) is 2.97. The summed E-state index contributed by atoms with van der Waals surface area (Å²) in [6, 6.07) is 15.4. The third-order valence-corrected chi connectivity index (χ3v) is 4.34. The third-order valence-electron chi connectivity index (χ3n) is 4.34. The van der Waals surface area contributed by atoms with Crippen LogP contribution in [-0.4, -0.2) is 20.6 Å². The molecule has 0 spiro atoms. The van der Waals surface area contributed by atoms with Crippen LogP contribution < -0.4 is 10.6 Å². The first-order chi connectivity index (χ1) is 13.0. The Morgan fingerprint density at radius 1 is 1.00 bits per heavy atom. The van der Waals surface area contributed by atoms with Crippen LogP contribution in [0.2, 0.25) is 0 Å².